The largest absolute Gasteiger partial charge is 0.497 e. The van der Waals surface area contributed by atoms with E-state index in [1.165, 1.54) is 0 Å². The molecular weight excluding hydrogens is 330 g/mol. The molecule has 134 valence electrons. The monoisotopic (exact) mass is 351 g/mol. The summed E-state index contributed by atoms with van der Waals surface area (Å²) in [5.74, 6) is 1.12. The molecule has 0 saturated carbocycles. The first-order chi connectivity index (χ1) is 12.5. The minimum atomic E-state index is -0.285. The van der Waals surface area contributed by atoms with Crippen molar-refractivity contribution in [2.75, 3.05) is 19.5 Å². The lowest BCUT2D eigenvalue weighted by molar-refractivity contribution is 0.102. The molecule has 3 aromatic rings. The Bertz CT molecular complexity index is 947. The molecule has 0 radical (unpaired) electrons. The SMILES string of the molecule is COc1cccc(NC(=O)c2cc(-c3cc(C)ccc3OC)n(C)n2)c1. The van der Waals surface area contributed by atoms with Gasteiger partial charge in [-0.25, -0.2) is 0 Å². The summed E-state index contributed by atoms with van der Waals surface area (Å²) in [5.41, 5.74) is 3.78. The fraction of sp³-hybridized carbons (Fsp3) is 0.200. The number of hydrogen-bond acceptors (Lipinski definition) is 4. The number of nitrogens with zero attached hydrogens (tertiary/aromatic N) is 2. The molecule has 6 nitrogen and oxygen atoms in total. The van der Waals surface area contributed by atoms with Gasteiger partial charge < -0.3 is 14.8 Å². The number of methoxy groups -OCH3 is 2. The summed E-state index contributed by atoms with van der Waals surface area (Å²) in [6, 6.07) is 14.8. The van der Waals surface area contributed by atoms with Gasteiger partial charge in [0.05, 0.1) is 19.9 Å². The van der Waals surface area contributed by atoms with Gasteiger partial charge in [0.15, 0.2) is 5.69 Å². The second kappa shape index (κ2) is 7.31. The highest BCUT2D eigenvalue weighted by Crippen LogP contribution is 2.31. The van der Waals surface area contributed by atoms with E-state index in [4.69, 9.17) is 9.47 Å². The predicted octanol–water partition coefficient (Wildman–Crippen LogP) is 3.67. The molecule has 1 heterocycles. The number of ether oxygens (including phenoxy) is 2. The van der Waals surface area contributed by atoms with E-state index in [0.29, 0.717) is 17.1 Å². The molecule has 26 heavy (non-hydrogen) atoms. The quantitative estimate of drug-likeness (QED) is 0.762. The van der Waals surface area contributed by atoms with Crippen LogP contribution in [0.5, 0.6) is 11.5 Å². The standard InChI is InChI=1S/C20H21N3O3/c1-13-8-9-19(26-4)16(10-13)18-12-17(22-23(18)2)20(24)21-14-6-5-7-15(11-14)25-3/h5-12H,1-4H3,(H,21,24). The van der Waals surface area contributed by atoms with Crippen LogP contribution in [-0.4, -0.2) is 29.9 Å². The van der Waals surface area contributed by atoms with Gasteiger partial charge >= 0.3 is 0 Å². The van der Waals surface area contributed by atoms with E-state index in [1.807, 2.05) is 37.3 Å². The summed E-state index contributed by atoms with van der Waals surface area (Å²) < 4.78 is 12.3. The van der Waals surface area contributed by atoms with Crippen LogP contribution in [0.25, 0.3) is 11.3 Å². The van der Waals surface area contributed by atoms with E-state index < -0.39 is 0 Å². The number of carbonyl (C=O) groups is 1. The Labute approximate surface area is 152 Å². The van der Waals surface area contributed by atoms with Crippen molar-refractivity contribution < 1.29 is 14.3 Å². The molecule has 0 fully saturated rings. The number of anilines is 1. The van der Waals surface area contributed by atoms with Crippen LogP contribution in [0.15, 0.2) is 48.5 Å². The van der Waals surface area contributed by atoms with E-state index in [0.717, 1.165) is 22.6 Å². The minimum Gasteiger partial charge on any atom is -0.497 e. The number of aryl methyl sites for hydroxylation is 2. The zero-order chi connectivity index (χ0) is 18.7. The van der Waals surface area contributed by atoms with Crippen molar-refractivity contribution in [1.82, 2.24) is 9.78 Å². The number of carbonyl (C=O) groups excluding carboxylic acids is 1. The lowest BCUT2D eigenvalue weighted by atomic mass is 10.1. The maximum atomic E-state index is 12.6. The average Bonchev–Trinajstić information content (AvgIpc) is 3.03. The number of aromatic nitrogens is 2. The third-order valence-electron chi connectivity index (χ3n) is 4.07. The molecule has 0 aliphatic rings. The molecule has 3 rings (SSSR count). The number of benzene rings is 2. The summed E-state index contributed by atoms with van der Waals surface area (Å²) in [4.78, 5) is 12.6. The number of amides is 1. The molecule has 0 bridgehead atoms. The summed E-state index contributed by atoms with van der Waals surface area (Å²) >= 11 is 0. The Morgan fingerprint density at radius 3 is 2.62 bits per heavy atom. The fourth-order valence-electron chi connectivity index (χ4n) is 2.75. The van der Waals surface area contributed by atoms with Gasteiger partial charge in [-0.2, -0.15) is 5.10 Å². The Morgan fingerprint density at radius 1 is 1.08 bits per heavy atom. The topological polar surface area (TPSA) is 65.4 Å². The third-order valence-corrected chi connectivity index (χ3v) is 4.07. The fourth-order valence-corrected chi connectivity index (χ4v) is 2.75. The van der Waals surface area contributed by atoms with Crippen molar-refractivity contribution in [2.24, 2.45) is 7.05 Å². The van der Waals surface area contributed by atoms with Gasteiger partial charge in [-0.15, -0.1) is 0 Å². The molecule has 0 saturated heterocycles. The van der Waals surface area contributed by atoms with E-state index >= 15 is 0 Å². The summed E-state index contributed by atoms with van der Waals surface area (Å²) in [6.45, 7) is 2.01. The Morgan fingerprint density at radius 2 is 1.88 bits per heavy atom. The van der Waals surface area contributed by atoms with Crippen LogP contribution in [0.4, 0.5) is 5.69 Å². The van der Waals surface area contributed by atoms with Gasteiger partial charge in [-0.05, 0) is 37.3 Å². The molecular formula is C20H21N3O3. The van der Waals surface area contributed by atoms with E-state index in [2.05, 4.69) is 10.4 Å². The average molecular weight is 351 g/mol. The maximum Gasteiger partial charge on any atom is 0.276 e. The Balaban J connectivity index is 1.90. The van der Waals surface area contributed by atoms with Gasteiger partial charge in [0.2, 0.25) is 0 Å². The number of nitrogens with one attached hydrogen (secondary N) is 1. The van der Waals surface area contributed by atoms with Crippen molar-refractivity contribution >= 4 is 11.6 Å². The van der Waals surface area contributed by atoms with Crippen molar-refractivity contribution in [3.63, 3.8) is 0 Å². The molecule has 0 spiro atoms. The van der Waals surface area contributed by atoms with Crippen LogP contribution in [0, 0.1) is 6.92 Å². The normalized spacial score (nSPS) is 10.5. The molecule has 1 amide bonds. The van der Waals surface area contributed by atoms with Crippen LogP contribution in [-0.2, 0) is 7.05 Å². The van der Waals surface area contributed by atoms with E-state index in [9.17, 15) is 4.79 Å². The van der Waals surface area contributed by atoms with Crippen molar-refractivity contribution in [2.45, 2.75) is 6.92 Å². The second-order valence-corrected chi connectivity index (χ2v) is 5.93. The first-order valence-electron chi connectivity index (χ1n) is 8.16. The molecule has 0 atom stereocenters. The van der Waals surface area contributed by atoms with Gasteiger partial charge in [-0.3, -0.25) is 9.48 Å². The van der Waals surface area contributed by atoms with Crippen LogP contribution in [0.2, 0.25) is 0 Å². The van der Waals surface area contributed by atoms with Crippen molar-refractivity contribution in [1.29, 1.82) is 0 Å². The van der Waals surface area contributed by atoms with Crippen molar-refractivity contribution in [3.8, 4) is 22.8 Å². The molecule has 1 N–H and O–H groups in total. The van der Waals surface area contributed by atoms with Crippen LogP contribution in [0.1, 0.15) is 16.1 Å². The Kier molecular flexibility index (Phi) is 4.93. The molecule has 6 heteroatoms. The van der Waals surface area contributed by atoms with Gasteiger partial charge in [-0.1, -0.05) is 17.7 Å². The van der Waals surface area contributed by atoms with Crippen LogP contribution >= 0.6 is 0 Å². The van der Waals surface area contributed by atoms with Gasteiger partial charge in [0.1, 0.15) is 11.5 Å². The van der Waals surface area contributed by atoms with Crippen molar-refractivity contribution in [3.05, 3.63) is 59.8 Å². The highest BCUT2D eigenvalue weighted by Gasteiger charge is 2.17. The smallest absolute Gasteiger partial charge is 0.276 e. The minimum absolute atomic E-state index is 0.285. The van der Waals surface area contributed by atoms with Gasteiger partial charge in [0, 0.05) is 24.4 Å². The van der Waals surface area contributed by atoms with E-state index in [-0.39, 0.29) is 5.91 Å². The molecule has 0 aliphatic heterocycles. The summed E-state index contributed by atoms with van der Waals surface area (Å²) in [5, 5.41) is 7.19. The van der Waals surface area contributed by atoms with Crippen LogP contribution < -0.4 is 14.8 Å². The third kappa shape index (κ3) is 3.54. The maximum absolute atomic E-state index is 12.6. The Hall–Kier alpha value is -3.28. The van der Waals surface area contributed by atoms with E-state index in [1.54, 1.807) is 44.1 Å². The zero-order valence-corrected chi connectivity index (χ0v) is 15.2. The zero-order valence-electron chi connectivity index (χ0n) is 15.2. The second-order valence-electron chi connectivity index (χ2n) is 5.93. The predicted molar refractivity (Wildman–Crippen MR) is 101 cm³/mol. The molecule has 0 unspecified atom stereocenters. The molecule has 1 aromatic heterocycles. The summed E-state index contributed by atoms with van der Waals surface area (Å²) in [6.07, 6.45) is 0. The lowest BCUT2D eigenvalue weighted by Crippen LogP contribution is -2.13. The van der Waals surface area contributed by atoms with Crippen LogP contribution in [0.3, 0.4) is 0 Å². The summed E-state index contributed by atoms with van der Waals surface area (Å²) in [7, 11) is 5.02. The highest BCUT2D eigenvalue weighted by molar-refractivity contribution is 6.03. The number of rotatable bonds is 5. The first kappa shape index (κ1) is 17.5. The number of hydrogen-bond donors (Lipinski definition) is 1. The molecule has 2 aromatic carbocycles. The highest BCUT2D eigenvalue weighted by atomic mass is 16.5. The lowest BCUT2D eigenvalue weighted by Gasteiger charge is -2.09. The van der Waals surface area contributed by atoms with Gasteiger partial charge in [0.25, 0.3) is 5.91 Å². The molecule has 0 aliphatic carbocycles. The first-order valence-corrected chi connectivity index (χ1v) is 8.16.